The van der Waals surface area contributed by atoms with Gasteiger partial charge in [0.15, 0.2) is 0 Å². The summed E-state index contributed by atoms with van der Waals surface area (Å²) < 4.78 is 0. The lowest BCUT2D eigenvalue weighted by molar-refractivity contribution is -0.385. The number of hydrogen-bond acceptors (Lipinski definition) is 4. The van der Waals surface area contributed by atoms with Gasteiger partial charge in [0.25, 0.3) is 5.69 Å². The van der Waals surface area contributed by atoms with Crippen LogP contribution in [0.2, 0.25) is 0 Å². The first-order valence-corrected chi connectivity index (χ1v) is 7.07. The van der Waals surface area contributed by atoms with E-state index in [9.17, 15) is 10.1 Å². The summed E-state index contributed by atoms with van der Waals surface area (Å²) >= 11 is 1.70. The van der Waals surface area contributed by atoms with Crippen LogP contribution >= 0.6 is 11.3 Å². The lowest BCUT2D eigenvalue weighted by Gasteiger charge is -2.07. The van der Waals surface area contributed by atoms with Crippen LogP contribution in [0.4, 0.5) is 5.69 Å². The minimum Gasteiger partial charge on any atom is -0.312 e. The predicted octanol–water partition coefficient (Wildman–Crippen LogP) is 3.30. The van der Waals surface area contributed by atoms with E-state index < -0.39 is 0 Å². The van der Waals surface area contributed by atoms with Gasteiger partial charge in [-0.3, -0.25) is 10.1 Å². The molecule has 1 aromatic heterocycles. The number of nitro groups is 1. The first kappa shape index (κ1) is 13.7. The Bertz CT molecular complexity index is 553. The zero-order valence-electron chi connectivity index (χ0n) is 10.8. The van der Waals surface area contributed by atoms with Gasteiger partial charge in [0.1, 0.15) is 0 Å². The third-order valence-corrected chi connectivity index (χ3v) is 3.83. The first-order valence-electron chi connectivity index (χ1n) is 6.13. The molecule has 0 saturated heterocycles. The fraction of sp³-hybridized carbons (Fsp3) is 0.286. The molecular formula is C14H16N2O2S. The molecule has 0 unspecified atom stereocenters. The van der Waals surface area contributed by atoms with Crippen molar-refractivity contribution in [2.45, 2.75) is 19.9 Å². The number of rotatable bonds is 6. The summed E-state index contributed by atoms with van der Waals surface area (Å²) in [5, 5.41) is 18.4. The molecular weight excluding hydrogens is 260 g/mol. The van der Waals surface area contributed by atoms with E-state index in [1.54, 1.807) is 30.4 Å². The normalized spacial score (nSPS) is 10.6. The van der Waals surface area contributed by atoms with E-state index in [0.717, 1.165) is 24.1 Å². The number of thiophene rings is 1. The quantitative estimate of drug-likeness (QED) is 0.500. The van der Waals surface area contributed by atoms with Crippen molar-refractivity contribution >= 4 is 17.0 Å². The number of nitrogens with one attached hydrogen (secondary N) is 1. The maximum absolute atomic E-state index is 10.8. The third-order valence-electron chi connectivity index (χ3n) is 3.10. The molecule has 19 heavy (non-hydrogen) atoms. The Morgan fingerprint density at radius 1 is 1.37 bits per heavy atom. The number of benzene rings is 1. The molecule has 0 atom stereocenters. The number of hydrogen-bond donors (Lipinski definition) is 1. The molecule has 2 rings (SSSR count). The Morgan fingerprint density at radius 3 is 2.89 bits per heavy atom. The average molecular weight is 276 g/mol. The van der Waals surface area contributed by atoms with E-state index in [0.29, 0.717) is 6.54 Å². The Labute approximate surface area is 116 Å². The van der Waals surface area contributed by atoms with Crippen molar-refractivity contribution in [3.8, 4) is 0 Å². The van der Waals surface area contributed by atoms with E-state index in [-0.39, 0.29) is 10.6 Å². The van der Waals surface area contributed by atoms with E-state index in [1.807, 2.05) is 6.07 Å². The molecule has 0 bridgehead atoms. The molecule has 1 aromatic carbocycles. The highest BCUT2D eigenvalue weighted by Gasteiger charge is 2.12. The van der Waals surface area contributed by atoms with E-state index in [2.05, 4.69) is 22.1 Å². The van der Waals surface area contributed by atoms with Crippen molar-refractivity contribution < 1.29 is 4.92 Å². The topological polar surface area (TPSA) is 55.2 Å². The van der Waals surface area contributed by atoms with Crippen LogP contribution in [-0.4, -0.2) is 11.5 Å². The molecule has 5 heteroatoms. The molecule has 2 aromatic rings. The molecule has 0 spiro atoms. The summed E-state index contributed by atoms with van der Waals surface area (Å²) in [5.74, 6) is 0. The summed E-state index contributed by atoms with van der Waals surface area (Å²) in [7, 11) is 0. The molecule has 1 N–H and O–H groups in total. The predicted molar refractivity (Wildman–Crippen MR) is 77.6 cm³/mol. The van der Waals surface area contributed by atoms with Crippen molar-refractivity contribution in [3.05, 3.63) is 61.8 Å². The molecule has 0 fully saturated rings. The van der Waals surface area contributed by atoms with Crippen LogP contribution in [-0.2, 0) is 13.0 Å². The van der Waals surface area contributed by atoms with Gasteiger partial charge in [0.2, 0.25) is 0 Å². The maximum Gasteiger partial charge on any atom is 0.272 e. The summed E-state index contributed by atoms with van der Waals surface area (Å²) in [4.78, 5) is 10.5. The first-order chi connectivity index (χ1) is 9.18. The van der Waals surface area contributed by atoms with Crippen LogP contribution in [0.5, 0.6) is 0 Å². The molecule has 4 nitrogen and oxygen atoms in total. The van der Waals surface area contributed by atoms with Gasteiger partial charge in [-0.05, 0) is 47.8 Å². The highest BCUT2D eigenvalue weighted by Crippen LogP contribution is 2.20. The van der Waals surface area contributed by atoms with Crippen LogP contribution in [0.1, 0.15) is 16.7 Å². The largest absolute Gasteiger partial charge is 0.312 e. The Kier molecular flexibility index (Phi) is 4.65. The lowest BCUT2D eigenvalue weighted by atomic mass is 10.1. The van der Waals surface area contributed by atoms with E-state index >= 15 is 0 Å². The van der Waals surface area contributed by atoms with Gasteiger partial charge in [-0.15, -0.1) is 0 Å². The third kappa shape index (κ3) is 3.62. The van der Waals surface area contributed by atoms with Crippen LogP contribution in [0, 0.1) is 17.0 Å². The molecule has 0 aliphatic rings. The Balaban J connectivity index is 1.89. The molecule has 0 aliphatic heterocycles. The van der Waals surface area contributed by atoms with Crippen LogP contribution in [0.25, 0.3) is 0 Å². The Hall–Kier alpha value is -1.72. The summed E-state index contributed by atoms with van der Waals surface area (Å²) in [5.41, 5.74) is 3.25. The fourth-order valence-corrected chi connectivity index (χ4v) is 2.65. The van der Waals surface area contributed by atoms with Gasteiger partial charge in [-0.2, -0.15) is 11.3 Å². The SMILES string of the molecule is Cc1c(CNCCc2ccsc2)cccc1[N+](=O)[O-]. The van der Waals surface area contributed by atoms with Crippen molar-refractivity contribution in [2.75, 3.05) is 6.54 Å². The number of nitrogens with zero attached hydrogens (tertiary/aromatic N) is 1. The van der Waals surface area contributed by atoms with Gasteiger partial charge in [-0.1, -0.05) is 12.1 Å². The average Bonchev–Trinajstić information content (AvgIpc) is 2.89. The Morgan fingerprint density at radius 2 is 2.21 bits per heavy atom. The molecule has 0 aliphatic carbocycles. The maximum atomic E-state index is 10.8. The highest BCUT2D eigenvalue weighted by atomic mass is 32.1. The molecule has 0 saturated carbocycles. The van der Waals surface area contributed by atoms with E-state index in [1.165, 1.54) is 5.56 Å². The van der Waals surface area contributed by atoms with Crippen molar-refractivity contribution in [2.24, 2.45) is 0 Å². The minimum absolute atomic E-state index is 0.192. The molecule has 0 amide bonds. The van der Waals surface area contributed by atoms with Gasteiger partial charge < -0.3 is 5.32 Å². The van der Waals surface area contributed by atoms with Crippen molar-refractivity contribution in [1.29, 1.82) is 0 Å². The van der Waals surface area contributed by atoms with Gasteiger partial charge >= 0.3 is 0 Å². The monoisotopic (exact) mass is 276 g/mol. The second-order valence-electron chi connectivity index (χ2n) is 4.38. The summed E-state index contributed by atoms with van der Waals surface area (Å²) in [6, 6.07) is 7.33. The minimum atomic E-state index is -0.329. The highest BCUT2D eigenvalue weighted by molar-refractivity contribution is 7.07. The smallest absolute Gasteiger partial charge is 0.272 e. The second-order valence-corrected chi connectivity index (χ2v) is 5.16. The van der Waals surface area contributed by atoms with Gasteiger partial charge in [0, 0.05) is 18.2 Å². The van der Waals surface area contributed by atoms with Crippen LogP contribution < -0.4 is 5.32 Å². The molecule has 0 radical (unpaired) electrons. The molecule has 100 valence electrons. The summed E-state index contributed by atoms with van der Waals surface area (Å²) in [6.07, 6.45) is 0.984. The second kappa shape index (κ2) is 6.45. The zero-order valence-corrected chi connectivity index (χ0v) is 11.6. The number of nitro benzene ring substituents is 1. The lowest BCUT2D eigenvalue weighted by Crippen LogP contribution is -2.17. The fourth-order valence-electron chi connectivity index (χ4n) is 1.95. The van der Waals surface area contributed by atoms with Crippen molar-refractivity contribution in [3.63, 3.8) is 0 Å². The van der Waals surface area contributed by atoms with Crippen LogP contribution in [0.15, 0.2) is 35.0 Å². The van der Waals surface area contributed by atoms with E-state index in [4.69, 9.17) is 0 Å². The summed E-state index contributed by atoms with van der Waals surface area (Å²) in [6.45, 7) is 3.34. The van der Waals surface area contributed by atoms with Crippen LogP contribution in [0.3, 0.4) is 0 Å². The molecule has 1 heterocycles. The van der Waals surface area contributed by atoms with Gasteiger partial charge in [0.05, 0.1) is 4.92 Å². The van der Waals surface area contributed by atoms with Crippen molar-refractivity contribution in [1.82, 2.24) is 5.32 Å². The van der Waals surface area contributed by atoms with Gasteiger partial charge in [-0.25, -0.2) is 0 Å². The standard InChI is InChI=1S/C14H16N2O2S/c1-11-13(3-2-4-14(11)16(17)18)9-15-7-5-12-6-8-19-10-12/h2-4,6,8,10,15H,5,7,9H2,1H3. The zero-order chi connectivity index (χ0) is 13.7.